The van der Waals surface area contributed by atoms with Gasteiger partial charge in [-0.25, -0.2) is 4.79 Å². The third-order valence-corrected chi connectivity index (χ3v) is 2.97. The van der Waals surface area contributed by atoms with Gasteiger partial charge in [-0.2, -0.15) is 0 Å². The van der Waals surface area contributed by atoms with E-state index in [1.807, 2.05) is 0 Å². The molecule has 0 radical (unpaired) electrons. The molecule has 0 heterocycles. The lowest BCUT2D eigenvalue weighted by atomic mass is 10.1. The molecule has 1 aromatic rings. The summed E-state index contributed by atoms with van der Waals surface area (Å²) in [6.45, 7) is 0. The number of hydrogen-bond acceptors (Lipinski definition) is 5. The molecule has 6 heteroatoms. The first-order valence-electron chi connectivity index (χ1n) is 4.80. The van der Waals surface area contributed by atoms with Crippen LogP contribution in [0.1, 0.15) is 15.9 Å². The lowest BCUT2D eigenvalue weighted by molar-refractivity contribution is 0.0593. The van der Waals surface area contributed by atoms with E-state index >= 15 is 0 Å². The van der Waals surface area contributed by atoms with E-state index in [1.54, 1.807) is 12.1 Å². The maximum absolute atomic E-state index is 11.7. The zero-order valence-corrected chi connectivity index (χ0v) is 13.0. The van der Waals surface area contributed by atoms with Gasteiger partial charge in [-0.15, -0.1) is 0 Å². The lowest BCUT2D eigenvalue weighted by Gasteiger charge is -2.11. The van der Waals surface area contributed by atoms with Crippen molar-refractivity contribution >= 4 is 36.1 Å². The van der Waals surface area contributed by atoms with E-state index < -0.39 is 5.97 Å². The maximum atomic E-state index is 11.7. The molecule has 96 valence electrons. The van der Waals surface area contributed by atoms with Crippen LogP contribution in [0.15, 0.2) is 12.1 Å². The average Bonchev–Trinajstić information content (AvgIpc) is 2.42. The number of rotatable bonds is 3. The zero-order chi connectivity index (χ0) is 13.5. The van der Waals surface area contributed by atoms with Crippen molar-refractivity contribution in [2.24, 2.45) is 0 Å². The van der Waals surface area contributed by atoms with Crippen LogP contribution in [0, 0.1) is 11.2 Å². The maximum Gasteiger partial charge on any atom is 0.345 e. The summed E-state index contributed by atoms with van der Waals surface area (Å²) in [6, 6.07) is 3.35. The Morgan fingerprint density at radius 3 is 2.17 bits per heavy atom. The molecular weight excluding hydrogens is 367 g/mol. The van der Waals surface area contributed by atoms with Gasteiger partial charge >= 0.3 is 5.97 Å². The van der Waals surface area contributed by atoms with E-state index in [0.29, 0.717) is 17.1 Å². The molecule has 0 saturated heterocycles. The van der Waals surface area contributed by atoms with Crippen molar-refractivity contribution in [3.63, 3.8) is 0 Å². The molecule has 0 aromatic heterocycles. The van der Waals surface area contributed by atoms with Gasteiger partial charge in [-0.05, 0) is 26.3 Å². The van der Waals surface area contributed by atoms with E-state index in [4.69, 9.17) is 14.2 Å². The molecule has 0 spiro atoms. The molecule has 0 unspecified atom stereocenters. The van der Waals surface area contributed by atoms with E-state index in [9.17, 15) is 4.79 Å². The van der Waals surface area contributed by atoms with Gasteiger partial charge in [0.1, 0.15) is 17.1 Å². The molecule has 0 atom stereocenters. The second-order valence-electron chi connectivity index (χ2n) is 3.05. The predicted octanol–water partition coefficient (Wildman–Crippen LogP) is 2.88. The van der Waals surface area contributed by atoms with Gasteiger partial charge in [0.25, 0.3) is 0 Å². The van der Waals surface area contributed by atoms with Crippen molar-refractivity contribution in [3.8, 4) is 22.7 Å². The number of benzene rings is 1. The van der Waals surface area contributed by atoms with Crippen LogP contribution in [0.2, 0.25) is 0 Å². The fourth-order valence-electron chi connectivity index (χ4n) is 1.37. The van der Waals surface area contributed by atoms with Gasteiger partial charge in [-0.3, -0.25) is 0 Å². The summed E-state index contributed by atoms with van der Waals surface area (Å²) in [5, 5.41) is 2.86. The van der Waals surface area contributed by atoms with E-state index in [-0.39, 0.29) is 5.56 Å². The second-order valence-corrected chi connectivity index (χ2v) is 4.73. The molecule has 0 fully saturated rings. The Morgan fingerprint density at radius 2 is 1.78 bits per heavy atom. The monoisotopic (exact) mass is 378 g/mol. The van der Waals surface area contributed by atoms with E-state index in [0.717, 1.165) is 0 Å². The smallest absolute Gasteiger partial charge is 0.345 e. The minimum atomic E-state index is -0.508. The summed E-state index contributed by atoms with van der Waals surface area (Å²) in [5.74, 6) is 3.17. The number of methoxy groups -OCH3 is 3. The molecule has 0 amide bonds. The summed E-state index contributed by atoms with van der Waals surface area (Å²) in [5.41, 5.74) is 0.968. The molecule has 0 aliphatic rings. The Kier molecular flexibility index (Phi) is 6.15. The van der Waals surface area contributed by atoms with Gasteiger partial charge in [0, 0.05) is 26.8 Å². The van der Waals surface area contributed by atoms with Crippen LogP contribution in [0.25, 0.3) is 0 Å². The summed E-state index contributed by atoms with van der Waals surface area (Å²) >= 11 is 2.08. The highest BCUT2D eigenvalue weighted by Gasteiger charge is 2.20. The number of carbonyl (C=O) groups excluding carboxylic acids is 1. The Balaban J connectivity index is 3.38. The highest BCUT2D eigenvalue weighted by molar-refractivity contribution is 14.2. The normalized spacial score (nSPS) is 9.11. The fourth-order valence-corrected chi connectivity index (χ4v) is 1.85. The highest BCUT2D eigenvalue weighted by atomic mass is 127. The summed E-state index contributed by atoms with van der Waals surface area (Å²) in [7, 11) is 5.64. The first-order valence-corrected chi connectivity index (χ1v) is 8.16. The third kappa shape index (κ3) is 3.46. The molecule has 1 rings (SSSR count). The zero-order valence-electron chi connectivity index (χ0n) is 10.1. The largest absolute Gasteiger partial charge is 0.496 e. The summed E-state index contributed by atoms with van der Waals surface area (Å²) in [6.07, 6.45) is 0. The van der Waals surface area contributed by atoms with Crippen LogP contribution in [-0.4, -0.2) is 27.3 Å². The van der Waals surface area contributed by atoms with E-state index in [2.05, 4.69) is 32.4 Å². The summed E-state index contributed by atoms with van der Waals surface area (Å²) in [4.78, 5) is 11.7. The number of carbonyl (C=O) groups is 1. The molecule has 0 bridgehead atoms. The quantitative estimate of drug-likeness (QED) is 0.460. The predicted molar refractivity (Wildman–Crippen MR) is 79.4 cm³/mol. The molecule has 1 aromatic carbocycles. The van der Waals surface area contributed by atoms with Gasteiger partial charge < -0.3 is 14.2 Å². The fraction of sp³-hybridized carbons (Fsp3) is 0.250. The topological polar surface area (TPSA) is 44.8 Å². The number of ether oxygens (including phenoxy) is 3. The molecular formula is C12H11IO4S. The minimum Gasteiger partial charge on any atom is -0.496 e. The third-order valence-electron chi connectivity index (χ3n) is 2.13. The van der Waals surface area contributed by atoms with Gasteiger partial charge in [-0.1, -0.05) is 5.92 Å². The molecule has 0 aliphatic carbocycles. The van der Waals surface area contributed by atoms with Gasteiger partial charge in [0.05, 0.1) is 21.3 Å². The van der Waals surface area contributed by atoms with Crippen molar-refractivity contribution in [2.75, 3.05) is 21.3 Å². The van der Waals surface area contributed by atoms with E-state index in [1.165, 1.54) is 30.3 Å². The average molecular weight is 378 g/mol. The van der Waals surface area contributed by atoms with Crippen LogP contribution < -0.4 is 9.47 Å². The van der Waals surface area contributed by atoms with Crippen LogP contribution in [0.3, 0.4) is 0 Å². The highest BCUT2D eigenvalue weighted by Crippen LogP contribution is 2.31. The number of hydrogen-bond donors (Lipinski definition) is 0. The van der Waals surface area contributed by atoms with Crippen LogP contribution in [-0.2, 0) is 4.74 Å². The molecule has 0 saturated carbocycles. The number of esters is 1. The summed E-state index contributed by atoms with van der Waals surface area (Å²) < 4.78 is 15.1. The Hall–Kier alpha value is -1.07. The van der Waals surface area contributed by atoms with Crippen molar-refractivity contribution in [3.05, 3.63) is 23.3 Å². The van der Waals surface area contributed by atoms with Crippen LogP contribution in [0.4, 0.5) is 0 Å². The van der Waals surface area contributed by atoms with Crippen LogP contribution >= 0.6 is 30.1 Å². The second kappa shape index (κ2) is 7.38. The van der Waals surface area contributed by atoms with Gasteiger partial charge in [0.15, 0.2) is 0 Å². The molecule has 0 N–H and O–H groups in total. The Labute approximate surface area is 122 Å². The standard InChI is InChI=1S/C12H11IO4S/c1-15-9-6-8(4-5-18-13)7-10(16-2)11(9)12(14)17-3/h6-7H,1-3H3. The first-order chi connectivity index (χ1) is 8.67. The molecule has 4 nitrogen and oxygen atoms in total. The Bertz CT molecular complexity index is 480. The van der Waals surface area contributed by atoms with Crippen molar-refractivity contribution in [1.29, 1.82) is 0 Å². The SMILES string of the molecule is COC(=O)c1c(OC)cc(C#CSI)cc1OC. The first kappa shape index (κ1) is 15.0. The lowest BCUT2D eigenvalue weighted by Crippen LogP contribution is -2.07. The molecule has 18 heavy (non-hydrogen) atoms. The van der Waals surface area contributed by atoms with Gasteiger partial charge in [0.2, 0.25) is 0 Å². The van der Waals surface area contributed by atoms with Crippen molar-refractivity contribution < 1.29 is 19.0 Å². The Morgan fingerprint density at radius 1 is 1.22 bits per heavy atom. The van der Waals surface area contributed by atoms with Crippen molar-refractivity contribution in [1.82, 2.24) is 0 Å². The van der Waals surface area contributed by atoms with Crippen LogP contribution in [0.5, 0.6) is 11.5 Å². The number of halogens is 1. The molecule has 0 aliphatic heterocycles. The minimum absolute atomic E-state index is 0.259. The van der Waals surface area contributed by atoms with Crippen molar-refractivity contribution in [2.45, 2.75) is 0 Å².